The van der Waals surface area contributed by atoms with Gasteiger partial charge in [-0.25, -0.2) is 4.79 Å². The normalized spacial score (nSPS) is 16.6. The Morgan fingerprint density at radius 3 is 2.56 bits per heavy atom. The van der Waals surface area contributed by atoms with E-state index in [1.54, 1.807) is 0 Å². The number of hydrogen-bond acceptors (Lipinski definition) is 3. The molecule has 0 saturated heterocycles. The molecule has 0 heterocycles. The maximum atomic E-state index is 11.7. The van der Waals surface area contributed by atoms with Gasteiger partial charge in [-0.2, -0.15) is 0 Å². The van der Waals surface area contributed by atoms with Crippen molar-refractivity contribution in [1.29, 1.82) is 0 Å². The Balaban J connectivity index is 2.36. The smallest absolute Gasteiger partial charge is 0.338 e. The van der Waals surface area contributed by atoms with Gasteiger partial charge in [0.25, 0.3) is 0 Å². The van der Waals surface area contributed by atoms with E-state index < -0.39 is 0 Å². The zero-order valence-electron chi connectivity index (χ0n) is 11.2. The molecule has 2 rings (SSSR count). The summed E-state index contributed by atoms with van der Waals surface area (Å²) >= 11 is 0. The van der Waals surface area contributed by atoms with Gasteiger partial charge in [-0.1, -0.05) is 19.3 Å². The molecule has 0 spiro atoms. The van der Waals surface area contributed by atoms with Gasteiger partial charge in [-0.15, -0.1) is 0 Å². The number of rotatable bonds is 2. The van der Waals surface area contributed by atoms with E-state index in [1.807, 2.05) is 19.1 Å². The second-order valence-corrected chi connectivity index (χ2v) is 5.11. The lowest BCUT2D eigenvalue weighted by molar-refractivity contribution is 0.0600. The number of carbonyl (C=O) groups excluding carboxylic acids is 1. The summed E-state index contributed by atoms with van der Waals surface area (Å²) in [5, 5.41) is 0. The number of carbonyl (C=O) groups is 1. The van der Waals surface area contributed by atoms with Crippen LogP contribution < -0.4 is 5.73 Å². The third kappa shape index (κ3) is 2.50. The van der Waals surface area contributed by atoms with Crippen molar-refractivity contribution in [3.05, 3.63) is 28.8 Å². The summed E-state index contributed by atoms with van der Waals surface area (Å²) < 4.78 is 4.82. The maximum absolute atomic E-state index is 11.7. The number of methoxy groups -OCH3 is 1. The Morgan fingerprint density at radius 1 is 1.28 bits per heavy atom. The average molecular weight is 247 g/mol. The van der Waals surface area contributed by atoms with E-state index in [0.29, 0.717) is 17.2 Å². The maximum Gasteiger partial charge on any atom is 0.338 e. The summed E-state index contributed by atoms with van der Waals surface area (Å²) in [5.41, 5.74) is 9.33. The first-order valence-electron chi connectivity index (χ1n) is 6.62. The lowest BCUT2D eigenvalue weighted by atomic mass is 9.83. The number of ether oxygens (including phenoxy) is 1. The Morgan fingerprint density at radius 2 is 1.94 bits per heavy atom. The fraction of sp³-hybridized carbons (Fsp3) is 0.533. The zero-order chi connectivity index (χ0) is 13.1. The average Bonchev–Trinajstić information content (AvgIpc) is 2.41. The molecular formula is C15H21NO2. The molecule has 1 aliphatic carbocycles. The molecule has 0 aromatic heterocycles. The molecule has 0 radical (unpaired) electrons. The van der Waals surface area contributed by atoms with E-state index in [9.17, 15) is 4.79 Å². The molecule has 2 N–H and O–H groups in total. The minimum Gasteiger partial charge on any atom is -0.465 e. The first-order chi connectivity index (χ1) is 8.63. The molecule has 1 aromatic rings. The van der Waals surface area contributed by atoms with Crippen molar-refractivity contribution in [2.45, 2.75) is 44.9 Å². The third-order valence-electron chi connectivity index (χ3n) is 3.95. The van der Waals surface area contributed by atoms with Crippen LogP contribution in [0.4, 0.5) is 5.69 Å². The topological polar surface area (TPSA) is 52.3 Å². The molecule has 1 saturated carbocycles. The molecule has 98 valence electrons. The second-order valence-electron chi connectivity index (χ2n) is 5.11. The van der Waals surface area contributed by atoms with E-state index in [0.717, 1.165) is 5.56 Å². The zero-order valence-corrected chi connectivity index (χ0v) is 11.2. The number of nitrogens with two attached hydrogens (primary N) is 1. The van der Waals surface area contributed by atoms with Gasteiger partial charge in [-0.05, 0) is 48.9 Å². The second kappa shape index (κ2) is 5.42. The molecule has 0 unspecified atom stereocenters. The molecule has 18 heavy (non-hydrogen) atoms. The summed E-state index contributed by atoms with van der Waals surface area (Å²) in [6.45, 7) is 1.87. The lowest BCUT2D eigenvalue weighted by Crippen LogP contribution is -2.10. The van der Waals surface area contributed by atoms with Gasteiger partial charge in [0.2, 0.25) is 0 Å². The number of nitrogen functional groups attached to an aromatic ring is 1. The first kappa shape index (κ1) is 12.9. The van der Waals surface area contributed by atoms with Gasteiger partial charge in [0, 0.05) is 5.69 Å². The van der Waals surface area contributed by atoms with Crippen molar-refractivity contribution in [1.82, 2.24) is 0 Å². The van der Waals surface area contributed by atoms with Crippen LogP contribution in [0, 0.1) is 6.92 Å². The predicted octanol–water partition coefficient (Wildman–Crippen LogP) is 3.41. The molecule has 1 aliphatic rings. The van der Waals surface area contributed by atoms with Crippen molar-refractivity contribution < 1.29 is 9.53 Å². The third-order valence-corrected chi connectivity index (χ3v) is 3.95. The minimum atomic E-state index is -0.295. The molecule has 3 heteroatoms. The highest BCUT2D eigenvalue weighted by atomic mass is 16.5. The van der Waals surface area contributed by atoms with E-state index in [2.05, 4.69) is 0 Å². The standard InChI is InChI=1S/C15H21NO2/c1-10-13(15(17)18-2)8-12(9-14(10)16)11-6-4-3-5-7-11/h8-9,11H,3-7,16H2,1-2H3. The summed E-state index contributed by atoms with van der Waals surface area (Å²) in [7, 11) is 1.41. The molecule has 0 amide bonds. The number of hydrogen-bond donors (Lipinski definition) is 1. The molecule has 1 aromatic carbocycles. The largest absolute Gasteiger partial charge is 0.465 e. The number of anilines is 1. The van der Waals surface area contributed by atoms with Crippen molar-refractivity contribution in [2.24, 2.45) is 0 Å². The van der Waals surface area contributed by atoms with Gasteiger partial charge >= 0.3 is 5.97 Å². The van der Waals surface area contributed by atoms with E-state index in [1.165, 1.54) is 44.8 Å². The van der Waals surface area contributed by atoms with Crippen LogP contribution in [-0.4, -0.2) is 13.1 Å². The highest BCUT2D eigenvalue weighted by molar-refractivity contribution is 5.92. The van der Waals surface area contributed by atoms with Gasteiger partial charge in [-0.3, -0.25) is 0 Å². The molecule has 0 atom stereocenters. The fourth-order valence-corrected chi connectivity index (χ4v) is 2.75. The quantitative estimate of drug-likeness (QED) is 0.643. The number of benzene rings is 1. The summed E-state index contributed by atoms with van der Waals surface area (Å²) in [4.78, 5) is 11.7. The van der Waals surface area contributed by atoms with Crippen LogP contribution in [-0.2, 0) is 4.74 Å². The van der Waals surface area contributed by atoms with Crippen LogP contribution in [0.5, 0.6) is 0 Å². The van der Waals surface area contributed by atoms with Gasteiger partial charge in [0.15, 0.2) is 0 Å². The van der Waals surface area contributed by atoms with Crippen LogP contribution in [0.15, 0.2) is 12.1 Å². The van der Waals surface area contributed by atoms with Crippen LogP contribution in [0.3, 0.4) is 0 Å². The Kier molecular flexibility index (Phi) is 3.90. The van der Waals surface area contributed by atoms with E-state index in [-0.39, 0.29) is 5.97 Å². The molecule has 0 aliphatic heterocycles. The monoisotopic (exact) mass is 247 g/mol. The Bertz CT molecular complexity index is 448. The fourth-order valence-electron chi connectivity index (χ4n) is 2.75. The van der Waals surface area contributed by atoms with E-state index in [4.69, 9.17) is 10.5 Å². The minimum absolute atomic E-state index is 0.295. The number of esters is 1. The van der Waals surface area contributed by atoms with Crippen LogP contribution in [0.25, 0.3) is 0 Å². The molecule has 1 fully saturated rings. The summed E-state index contributed by atoms with van der Waals surface area (Å²) in [6.07, 6.45) is 6.26. The Labute approximate surface area is 108 Å². The molecule has 3 nitrogen and oxygen atoms in total. The highest BCUT2D eigenvalue weighted by Crippen LogP contribution is 2.35. The van der Waals surface area contributed by atoms with E-state index >= 15 is 0 Å². The van der Waals surface area contributed by atoms with Crippen molar-refractivity contribution in [3.8, 4) is 0 Å². The van der Waals surface area contributed by atoms with Crippen LogP contribution in [0.1, 0.15) is 59.5 Å². The van der Waals surface area contributed by atoms with Gasteiger partial charge < -0.3 is 10.5 Å². The van der Waals surface area contributed by atoms with Crippen molar-refractivity contribution in [2.75, 3.05) is 12.8 Å². The molecule has 0 bridgehead atoms. The van der Waals surface area contributed by atoms with Crippen LogP contribution >= 0.6 is 0 Å². The first-order valence-corrected chi connectivity index (χ1v) is 6.62. The Hall–Kier alpha value is -1.51. The van der Waals surface area contributed by atoms with Crippen molar-refractivity contribution >= 4 is 11.7 Å². The summed E-state index contributed by atoms with van der Waals surface area (Å²) in [6, 6.07) is 3.99. The lowest BCUT2D eigenvalue weighted by Gasteiger charge is -2.23. The molecular weight excluding hydrogens is 226 g/mol. The van der Waals surface area contributed by atoms with Crippen LogP contribution in [0.2, 0.25) is 0 Å². The van der Waals surface area contributed by atoms with Gasteiger partial charge in [0.05, 0.1) is 12.7 Å². The SMILES string of the molecule is COC(=O)c1cc(C2CCCCC2)cc(N)c1C. The van der Waals surface area contributed by atoms with Gasteiger partial charge in [0.1, 0.15) is 0 Å². The summed E-state index contributed by atoms with van der Waals surface area (Å²) in [5.74, 6) is 0.252. The highest BCUT2D eigenvalue weighted by Gasteiger charge is 2.19. The predicted molar refractivity (Wildman–Crippen MR) is 72.8 cm³/mol. The van der Waals surface area contributed by atoms with Crippen molar-refractivity contribution in [3.63, 3.8) is 0 Å².